The van der Waals surface area contributed by atoms with Gasteiger partial charge in [-0.2, -0.15) is 0 Å². The summed E-state index contributed by atoms with van der Waals surface area (Å²) in [6.45, 7) is 0. The van der Waals surface area contributed by atoms with Crippen LogP contribution in [0.4, 0.5) is 5.82 Å². The third-order valence-electron chi connectivity index (χ3n) is 3.22. The molecule has 0 unspecified atom stereocenters. The highest BCUT2D eigenvalue weighted by atomic mass is 16.5. The van der Waals surface area contributed by atoms with Crippen LogP contribution in [0.25, 0.3) is 0 Å². The lowest BCUT2D eigenvalue weighted by atomic mass is 9.97. The number of hydrogen-bond acceptors (Lipinski definition) is 3. The molecule has 0 spiro atoms. The lowest BCUT2D eigenvalue weighted by molar-refractivity contribution is -0.0114. The maximum absolute atomic E-state index is 5.96. The number of nitrogen functional groups attached to an aromatic ring is 1. The van der Waals surface area contributed by atoms with Crippen LogP contribution in [0.2, 0.25) is 0 Å². The summed E-state index contributed by atoms with van der Waals surface area (Å²) in [4.78, 5) is 4.35. The summed E-state index contributed by atoms with van der Waals surface area (Å²) in [5, 5.41) is 0. The molecule has 1 aromatic heterocycles. The Morgan fingerprint density at radius 2 is 2.14 bits per heavy atom. The molecule has 1 fully saturated rings. The number of anilines is 1. The van der Waals surface area contributed by atoms with Gasteiger partial charge in [0.15, 0.2) is 0 Å². The third-order valence-corrected chi connectivity index (χ3v) is 3.22. The van der Waals surface area contributed by atoms with Gasteiger partial charge in [-0.25, -0.2) is 4.98 Å². The van der Waals surface area contributed by atoms with E-state index < -0.39 is 0 Å². The fraction of sp³-hybridized carbons (Fsp3) is 0.700. The minimum absolute atomic E-state index is 0.217. The van der Waals surface area contributed by atoms with Crippen molar-refractivity contribution in [2.24, 2.45) is 7.05 Å². The summed E-state index contributed by atoms with van der Waals surface area (Å²) < 4.78 is 7.46. The average Bonchev–Trinajstić information content (AvgIpc) is 2.77. The average molecular weight is 195 g/mol. The van der Waals surface area contributed by atoms with Crippen molar-refractivity contribution < 1.29 is 4.74 Å². The standard InChI is InChI=1S/C10H17N3O/c1-13-7-12-8(9(13)11)10(14-2)5-3-4-6-10/h7H,3-6,11H2,1-2H3. The number of imidazole rings is 1. The predicted molar refractivity (Wildman–Crippen MR) is 54.8 cm³/mol. The SMILES string of the molecule is COC1(c2ncn(C)c2N)CCCC1. The van der Waals surface area contributed by atoms with E-state index in [1.165, 1.54) is 12.8 Å². The monoisotopic (exact) mass is 195 g/mol. The molecule has 1 aliphatic rings. The summed E-state index contributed by atoms with van der Waals surface area (Å²) in [6, 6.07) is 0. The molecular weight excluding hydrogens is 178 g/mol. The number of methoxy groups -OCH3 is 1. The van der Waals surface area contributed by atoms with Crippen molar-refractivity contribution in [1.82, 2.24) is 9.55 Å². The van der Waals surface area contributed by atoms with Crippen LogP contribution >= 0.6 is 0 Å². The van der Waals surface area contributed by atoms with Crippen molar-refractivity contribution in [2.75, 3.05) is 12.8 Å². The van der Waals surface area contributed by atoms with Crippen LogP contribution < -0.4 is 5.73 Å². The van der Waals surface area contributed by atoms with Crippen LogP contribution in [-0.2, 0) is 17.4 Å². The molecule has 0 amide bonds. The largest absolute Gasteiger partial charge is 0.383 e. The number of aryl methyl sites for hydroxylation is 1. The fourth-order valence-electron chi connectivity index (χ4n) is 2.27. The molecule has 0 radical (unpaired) electrons. The Bertz CT molecular complexity index is 326. The van der Waals surface area contributed by atoms with E-state index in [4.69, 9.17) is 10.5 Å². The number of nitrogens with two attached hydrogens (primary N) is 1. The van der Waals surface area contributed by atoms with Gasteiger partial charge in [-0.15, -0.1) is 0 Å². The second-order valence-corrected chi connectivity index (χ2v) is 3.99. The lowest BCUT2D eigenvalue weighted by Crippen LogP contribution is -2.26. The normalized spacial score (nSPS) is 20.1. The van der Waals surface area contributed by atoms with Crippen LogP contribution in [0.5, 0.6) is 0 Å². The minimum atomic E-state index is -0.217. The van der Waals surface area contributed by atoms with Crippen LogP contribution in [-0.4, -0.2) is 16.7 Å². The van der Waals surface area contributed by atoms with E-state index in [-0.39, 0.29) is 5.60 Å². The number of hydrogen-bond donors (Lipinski definition) is 1. The molecule has 0 aromatic carbocycles. The highest BCUT2D eigenvalue weighted by molar-refractivity contribution is 5.40. The van der Waals surface area contributed by atoms with Crippen molar-refractivity contribution in [1.29, 1.82) is 0 Å². The molecule has 0 saturated heterocycles. The molecule has 0 aliphatic heterocycles. The van der Waals surface area contributed by atoms with Gasteiger partial charge in [0.1, 0.15) is 17.1 Å². The van der Waals surface area contributed by atoms with Gasteiger partial charge in [0, 0.05) is 14.2 Å². The second-order valence-electron chi connectivity index (χ2n) is 3.99. The van der Waals surface area contributed by atoms with Crippen molar-refractivity contribution in [3.63, 3.8) is 0 Å². The van der Waals surface area contributed by atoms with Crippen LogP contribution in [0.1, 0.15) is 31.4 Å². The zero-order valence-corrected chi connectivity index (χ0v) is 8.79. The molecule has 2 N–H and O–H groups in total. The quantitative estimate of drug-likeness (QED) is 0.776. The molecule has 1 saturated carbocycles. The lowest BCUT2D eigenvalue weighted by Gasteiger charge is -2.25. The third kappa shape index (κ3) is 1.21. The van der Waals surface area contributed by atoms with Crippen LogP contribution in [0.3, 0.4) is 0 Å². The molecular formula is C10H17N3O. The maximum atomic E-state index is 5.96. The first kappa shape index (κ1) is 9.52. The van der Waals surface area contributed by atoms with Gasteiger partial charge in [-0.05, 0) is 12.8 Å². The molecule has 4 heteroatoms. The van der Waals surface area contributed by atoms with E-state index in [0.29, 0.717) is 0 Å². The Labute approximate surface area is 84.1 Å². The summed E-state index contributed by atoms with van der Waals surface area (Å²) in [7, 11) is 3.66. The Hall–Kier alpha value is -1.03. The van der Waals surface area contributed by atoms with Gasteiger partial charge in [-0.3, -0.25) is 0 Å². The van der Waals surface area contributed by atoms with Gasteiger partial charge in [0.05, 0.1) is 6.33 Å². The van der Waals surface area contributed by atoms with E-state index in [9.17, 15) is 0 Å². The van der Waals surface area contributed by atoms with Crippen LogP contribution in [0.15, 0.2) is 6.33 Å². The van der Waals surface area contributed by atoms with Gasteiger partial charge in [-0.1, -0.05) is 12.8 Å². The molecule has 0 atom stereocenters. The first-order valence-electron chi connectivity index (χ1n) is 5.02. The zero-order chi connectivity index (χ0) is 10.2. The summed E-state index contributed by atoms with van der Waals surface area (Å²) in [5.41, 5.74) is 6.66. The molecule has 1 aromatic rings. The van der Waals surface area contributed by atoms with Crippen molar-refractivity contribution in [2.45, 2.75) is 31.3 Å². The van der Waals surface area contributed by atoms with Crippen LogP contribution in [0, 0.1) is 0 Å². The Morgan fingerprint density at radius 1 is 1.50 bits per heavy atom. The molecule has 0 bridgehead atoms. The highest BCUT2D eigenvalue weighted by Crippen LogP contribution is 2.42. The van der Waals surface area contributed by atoms with Crippen molar-refractivity contribution in [3.8, 4) is 0 Å². The minimum Gasteiger partial charge on any atom is -0.383 e. The highest BCUT2D eigenvalue weighted by Gasteiger charge is 2.39. The van der Waals surface area contributed by atoms with E-state index in [2.05, 4.69) is 4.98 Å². The summed E-state index contributed by atoms with van der Waals surface area (Å²) in [5.74, 6) is 0.730. The first-order valence-corrected chi connectivity index (χ1v) is 5.02. The van der Waals surface area contributed by atoms with E-state index >= 15 is 0 Å². The summed E-state index contributed by atoms with van der Waals surface area (Å²) >= 11 is 0. The maximum Gasteiger partial charge on any atom is 0.129 e. The second kappa shape index (κ2) is 3.28. The van der Waals surface area contributed by atoms with Gasteiger partial charge in [0.25, 0.3) is 0 Å². The van der Waals surface area contributed by atoms with E-state index in [1.807, 2.05) is 11.6 Å². The summed E-state index contributed by atoms with van der Waals surface area (Å²) in [6.07, 6.45) is 6.22. The molecule has 4 nitrogen and oxygen atoms in total. The molecule has 78 valence electrons. The molecule has 2 rings (SSSR count). The fourth-order valence-corrected chi connectivity index (χ4v) is 2.27. The predicted octanol–water partition coefficient (Wildman–Crippen LogP) is 1.42. The molecule has 1 aliphatic carbocycles. The Balaban J connectivity index is 2.40. The number of aromatic nitrogens is 2. The number of nitrogens with zero attached hydrogens (tertiary/aromatic N) is 2. The Kier molecular flexibility index (Phi) is 2.23. The van der Waals surface area contributed by atoms with Gasteiger partial charge >= 0.3 is 0 Å². The van der Waals surface area contributed by atoms with E-state index in [1.54, 1.807) is 13.4 Å². The van der Waals surface area contributed by atoms with Gasteiger partial charge in [0.2, 0.25) is 0 Å². The number of rotatable bonds is 2. The molecule has 14 heavy (non-hydrogen) atoms. The molecule has 1 heterocycles. The first-order chi connectivity index (χ1) is 6.69. The number of ether oxygens (including phenoxy) is 1. The smallest absolute Gasteiger partial charge is 0.129 e. The van der Waals surface area contributed by atoms with Crippen molar-refractivity contribution >= 4 is 5.82 Å². The topological polar surface area (TPSA) is 53.1 Å². The van der Waals surface area contributed by atoms with Gasteiger partial charge < -0.3 is 15.0 Å². The van der Waals surface area contributed by atoms with Crippen molar-refractivity contribution in [3.05, 3.63) is 12.0 Å². The zero-order valence-electron chi connectivity index (χ0n) is 8.79. The van der Waals surface area contributed by atoms with E-state index in [0.717, 1.165) is 24.4 Å². The Morgan fingerprint density at radius 3 is 2.57 bits per heavy atom.